The van der Waals surface area contributed by atoms with Crippen LogP contribution in [0.3, 0.4) is 0 Å². The molecule has 0 spiro atoms. The Kier molecular flexibility index (Phi) is 4.56. The molecule has 6 heteroatoms. The van der Waals surface area contributed by atoms with Crippen molar-refractivity contribution in [2.45, 2.75) is 32.3 Å². The lowest BCUT2D eigenvalue weighted by atomic mass is 10.0. The van der Waals surface area contributed by atoms with E-state index >= 15 is 0 Å². The van der Waals surface area contributed by atoms with Crippen molar-refractivity contribution in [3.05, 3.63) is 42.0 Å². The zero-order valence-electron chi connectivity index (χ0n) is 15.5. The minimum absolute atomic E-state index is 0.102. The largest absolute Gasteiger partial charge is 0.490 e. The second-order valence-corrected chi connectivity index (χ2v) is 7.33. The van der Waals surface area contributed by atoms with Gasteiger partial charge in [-0.1, -0.05) is 12.1 Å². The highest BCUT2D eigenvalue weighted by Gasteiger charge is 2.32. The number of carbonyl (C=O) groups excluding carboxylic acids is 1. The van der Waals surface area contributed by atoms with Crippen molar-refractivity contribution >= 4 is 11.6 Å². The molecule has 6 nitrogen and oxygen atoms in total. The normalized spacial score (nSPS) is 16.7. The van der Waals surface area contributed by atoms with Gasteiger partial charge in [-0.15, -0.1) is 0 Å². The van der Waals surface area contributed by atoms with E-state index in [1.807, 2.05) is 32.0 Å². The van der Waals surface area contributed by atoms with E-state index in [0.29, 0.717) is 36.1 Å². The number of carbonyl (C=O) groups is 1. The number of hydrogen-bond acceptors (Lipinski definition) is 5. The first-order valence-corrected chi connectivity index (χ1v) is 9.13. The van der Waals surface area contributed by atoms with Crippen molar-refractivity contribution in [1.82, 2.24) is 0 Å². The molecule has 142 valence electrons. The lowest BCUT2D eigenvalue weighted by Crippen LogP contribution is -2.25. The molecule has 0 saturated carbocycles. The molecule has 27 heavy (non-hydrogen) atoms. The summed E-state index contributed by atoms with van der Waals surface area (Å²) in [7, 11) is 0. The van der Waals surface area contributed by atoms with E-state index in [2.05, 4.69) is 5.32 Å². The standard InChI is InChI=1S/C21H23NO5/c1-21(2)12-14-5-3-6-17(20(14)27-21)26-13-19(23)22-15-7-8-16-18(11-15)25-10-4-9-24-16/h3,5-8,11H,4,9-10,12-13H2,1-2H3,(H,22,23). The molecule has 0 aliphatic carbocycles. The molecule has 2 aromatic carbocycles. The van der Waals surface area contributed by atoms with Crippen LogP contribution in [0.5, 0.6) is 23.0 Å². The third-order valence-electron chi connectivity index (χ3n) is 4.45. The zero-order chi connectivity index (χ0) is 18.9. The summed E-state index contributed by atoms with van der Waals surface area (Å²) >= 11 is 0. The Morgan fingerprint density at radius 1 is 1.15 bits per heavy atom. The van der Waals surface area contributed by atoms with E-state index < -0.39 is 0 Å². The van der Waals surface area contributed by atoms with Gasteiger partial charge in [0.1, 0.15) is 5.60 Å². The van der Waals surface area contributed by atoms with E-state index in [4.69, 9.17) is 18.9 Å². The van der Waals surface area contributed by atoms with Crippen LogP contribution in [-0.4, -0.2) is 31.3 Å². The molecule has 0 atom stereocenters. The van der Waals surface area contributed by atoms with Gasteiger partial charge in [0.25, 0.3) is 5.91 Å². The van der Waals surface area contributed by atoms with Gasteiger partial charge in [-0.25, -0.2) is 0 Å². The SMILES string of the molecule is CC1(C)Cc2cccc(OCC(=O)Nc3ccc4c(c3)OCCCO4)c2O1. The first-order valence-electron chi connectivity index (χ1n) is 9.13. The van der Waals surface area contributed by atoms with Crippen LogP contribution in [0.2, 0.25) is 0 Å². The number of anilines is 1. The van der Waals surface area contributed by atoms with Crippen LogP contribution in [0.25, 0.3) is 0 Å². The average Bonchev–Trinajstić information content (AvgIpc) is 2.79. The molecular formula is C21H23NO5. The molecule has 0 saturated heterocycles. The highest BCUT2D eigenvalue weighted by molar-refractivity contribution is 5.92. The molecule has 0 unspecified atom stereocenters. The van der Waals surface area contributed by atoms with Crippen molar-refractivity contribution in [2.24, 2.45) is 0 Å². The predicted molar refractivity (Wildman–Crippen MR) is 101 cm³/mol. The van der Waals surface area contributed by atoms with Gasteiger partial charge in [0.05, 0.1) is 13.2 Å². The molecule has 2 heterocycles. The van der Waals surface area contributed by atoms with Gasteiger partial charge in [0, 0.05) is 30.2 Å². The fraction of sp³-hybridized carbons (Fsp3) is 0.381. The number of ether oxygens (including phenoxy) is 4. The average molecular weight is 369 g/mol. The summed E-state index contributed by atoms with van der Waals surface area (Å²) in [6.45, 7) is 5.20. The van der Waals surface area contributed by atoms with Gasteiger partial charge in [-0.3, -0.25) is 4.79 Å². The molecule has 0 bridgehead atoms. The van der Waals surface area contributed by atoms with E-state index in [1.54, 1.807) is 18.2 Å². The molecule has 1 amide bonds. The van der Waals surface area contributed by atoms with Crippen molar-refractivity contribution in [1.29, 1.82) is 0 Å². The molecular weight excluding hydrogens is 346 g/mol. The maximum absolute atomic E-state index is 12.3. The summed E-state index contributed by atoms with van der Waals surface area (Å²) in [6.07, 6.45) is 1.66. The summed E-state index contributed by atoms with van der Waals surface area (Å²) in [6, 6.07) is 11.1. The number of amides is 1. The summed E-state index contributed by atoms with van der Waals surface area (Å²) in [5, 5.41) is 2.83. The van der Waals surface area contributed by atoms with Crippen molar-refractivity contribution in [3.8, 4) is 23.0 Å². The lowest BCUT2D eigenvalue weighted by molar-refractivity contribution is -0.118. The number of fused-ring (bicyclic) bond motifs is 2. The molecule has 2 aromatic rings. The highest BCUT2D eigenvalue weighted by atomic mass is 16.5. The number of rotatable bonds is 4. The van der Waals surface area contributed by atoms with E-state index in [1.165, 1.54) is 0 Å². The fourth-order valence-electron chi connectivity index (χ4n) is 3.28. The minimum atomic E-state index is -0.256. The molecule has 0 fully saturated rings. The van der Waals surface area contributed by atoms with Gasteiger partial charge in [-0.05, 0) is 32.0 Å². The third-order valence-corrected chi connectivity index (χ3v) is 4.45. The minimum Gasteiger partial charge on any atom is -0.490 e. The van der Waals surface area contributed by atoms with Crippen LogP contribution in [0.1, 0.15) is 25.8 Å². The van der Waals surface area contributed by atoms with E-state index in [0.717, 1.165) is 24.2 Å². The third kappa shape index (κ3) is 3.94. The second-order valence-electron chi connectivity index (χ2n) is 7.33. The van der Waals surface area contributed by atoms with Crippen LogP contribution in [0, 0.1) is 0 Å². The second kappa shape index (κ2) is 7.02. The summed E-state index contributed by atoms with van der Waals surface area (Å²) in [5.41, 5.74) is 1.48. The topological polar surface area (TPSA) is 66.0 Å². The van der Waals surface area contributed by atoms with E-state index in [-0.39, 0.29) is 18.1 Å². The quantitative estimate of drug-likeness (QED) is 0.892. The van der Waals surface area contributed by atoms with Crippen LogP contribution in [-0.2, 0) is 11.2 Å². The number of nitrogens with one attached hydrogen (secondary N) is 1. The summed E-state index contributed by atoms with van der Waals surface area (Å²) in [4.78, 5) is 12.3. The van der Waals surface area contributed by atoms with Crippen LogP contribution in [0.15, 0.2) is 36.4 Å². The van der Waals surface area contributed by atoms with Crippen molar-refractivity contribution in [2.75, 3.05) is 25.1 Å². The number of para-hydroxylation sites is 1. The van der Waals surface area contributed by atoms with Gasteiger partial charge < -0.3 is 24.3 Å². The van der Waals surface area contributed by atoms with Gasteiger partial charge in [0.15, 0.2) is 29.6 Å². The maximum Gasteiger partial charge on any atom is 0.262 e. The molecule has 1 N–H and O–H groups in total. The molecule has 2 aliphatic heterocycles. The Labute approximate surface area is 158 Å². The van der Waals surface area contributed by atoms with Crippen LogP contribution < -0.4 is 24.3 Å². The predicted octanol–water partition coefficient (Wildman–Crippen LogP) is 3.58. The zero-order valence-corrected chi connectivity index (χ0v) is 15.5. The first-order chi connectivity index (χ1) is 13.0. The Morgan fingerprint density at radius 3 is 2.81 bits per heavy atom. The first kappa shape index (κ1) is 17.5. The van der Waals surface area contributed by atoms with Gasteiger partial charge >= 0.3 is 0 Å². The Bertz CT molecular complexity index is 862. The molecule has 4 rings (SSSR count). The Hall–Kier alpha value is -2.89. The van der Waals surface area contributed by atoms with Crippen LogP contribution in [0.4, 0.5) is 5.69 Å². The maximum atomic E-state index is 12.3. The Morgan fingerprint density at radius 2 is 1.96 bits per heavy atom. The lowest BCUT2D eigenvalue weighted by Gasteiger charge is -2.18. The van der Waals surface area contributed by atoms with Crippen molar-refractivity contribution in [3.63, 3.8) is 0 Å². The van der Waals surface area contributed by atoms with E-state index in [9.17, 15) is 4.79 Å². The van der Waals surface area contributed by atoms with Gasteiger partial charge in [-0.2, -0.15) is 0 Å². The molecule has 2 aliphatic rings. The Balaban J connectivity index is 1.39. The molecule has 0 aromatic heterocycles. The van der Waals surface area contributed by atoms with Crippen LogP contribution >= 0.6 is 0 Å². The summed E-state index contributed by atoms with van der Waals surface area (Å²) < 4.78 is 22.9. The number of benzene rings is 2. The monoisotopic (exact) mass is 369 g/mol. The highest BCUT2D eigenvalue weighted by Crippen LogP contribution is 2.41. The van der Waals surface area contributed by atoms with Crippen molar-refractivity contribution < 1.29 is 23.7 Å². The smallest absolute Gasteiger partial charge is 0.262 e. The van der Waals surface area contributed by atoms with Gasteiger partial charge in [0.2, 0.25) is 0 Å². The summed E-state index contributed by atoms with van der Waals surface area (Å²) in [5.74, 6) is 2.40. The molecule has 0 radical (unpaired) electrons. The fourth-order valence-corrected chi connectivity index (χ4v) is 3.28. The number of hydrogen-bond donors (Lipinski definition) is 1.